The lowest BCUT2D eigenvalue weighted by Crippen LogP contribution is -2.20. The lowest BCUT2D eigenvalue weighted by Gasteiger charge is -2.17. The van der Waals surface area contributed by atoms with Crippen molar-refractivity contribution in [3.05, 3.63) is 71.4 Å². The summed E-state index contributed by atoms with van der Waals surface area (Å²) in [4.78, 5) is 6.91. The molecule has 6 heteroatoms. The zero-order valence-corrected chi connectivity index (χ0v) is 16.3. The van der Waals surface area contributed by atoms with Gasteiger partial charge in [0.05, 0.1) is 20.8 Å². The van der Waals surface area contributed by atoms with E-state index < -0.39 is 0 Å². The Balaban J connectivity index is 1.39. The molecule has 1 aliphatic rings. The van der Waals surface area contributed by atoms with Crippen LogP contribution >= 0.6 is 0 Å². The molecule has 0 amide bonds. The number of aromatic nitrogens is 2. The topological polar surface area (TPSA) is 60.6 Å². The monoisotopic (exact) mass is 379 g/mol. The molecule has 1 fully saturated rings. The fourth-order valence-electron chi connectivity index (χ4n) is 3.78. The van der Waals surface area contributed by atoms with Crippen LogP contribution < -0.4 is 9.47 Å². The average molecular weight is 379 g/mol. The van der Waals surface area contributed by atoms with Crippen LogP contribution in [0, 0.1) is 0 Å². The van der Waals surface area contributed by atoms with Gasteiger partial charge in [0.1, 0.15) is 11.5 Å². The molecule has 0 spiro atoms. The molecule has 1 saturated heterocycles. The van der Waals surface area contributed by atoms with Gasteiger partial charge in [-0.2, -0.15) is 4.98 Å². The van der Waals surface area contributed by atoms with Crippen molar-refractivity contribution in [2.24, 2.45) is 0 Å². The second-order valence-corrected chi connectivity index (χ2v) is 7.10. The van der Waals surface area contributed by atoms with Gasteiger partial charge >= 0.3 is 0 Å². The number of rotatable bonds is 7. The van der Waals surface area contributed by atoms with Crippen molar-refractivity contribution in [2.75, 3.05) is 27.3 Å². The number of benzene rings is 2. The predicted octanol–water partition coefficient (Wildman–Crippen LogP) is 3.67. The Morgan fingerprint density at radius 2 is 1.96 bits per heavy atom. The molecule has 1 atom stereocenters. The van der Waals surface area contributed by atoms with E-state index >= 15 is 0 Å². The quantitative estimate of drug-likeness (QED) is 0.624. The molecule has 1 aliphatic heterocycles. The van der Waals surface area contributed by atoms with Gasteiger partial charge in [0.15, 0.2) is 5.82 Å². The number of likely N-dealkylation sites (tertiary alicyclic amines) is 1. The third-order valence-electron chi connectivity index (χ3n) is 5.22. The molecule has 0 unspecified atom stereocenters. The highest BCUT2D eigenvalue weighted by Gasteiger charge is 2.27. The maximum atomic E-state index is 5.56. The first-order valence-electron chi connectivity index (χ1n) is 9.55. The summed E-state index contributed by atoms with van der Waals surface area (Å²) in [6, 6.07) is 16.2. The molecule has 2 heterocycles. The molecule has 146 valence electrons. The van der Waals surface area contributed by atoms with Crippen LogP contribution in [0.25, 0.3) is 0 Å². The fourth-order valence-corrected chi connectivity index (χ4v) is 3.78. The minimum atomic E-state index is 0.400. The third kappa shape index (κ3) is 4.17. The maximum absolute atomic E-state index is 5.56. The summed E-state index contributed by atoms with van der Waals surface area (Å²) in [5, 5.41) is 4.13. The summed E-state index contributed by atoms with van der Waals surface area (Å²) in [6.07, 6.45) is 1.75. The van der Waals surface area contributed by atoms with Gasteiger partial charge in [-0.15, -0.1) is 0 Å². The Morgan fingerprint density at radius 3 is 2.75 bits per heavy atom. The van der Waals surface area contributed by atoms with E-state index in [-0.39, 0.29) is 0 Å². The molecule has 28 heavy (non-hydrogen) atoms. The first kappa shape index (κ1) is 18.5. The molecule has 0 N–H and O–H groups in total. The van der Waals surface area contributed by atoms with Crippen LogP contribution in [-0.4, -0.2) is 42.3 Å². The van der Waals surface area contributed by atoms with Crippen molar-refractivity contribution in [2.45, 2.75) is 25.3 Å². The van der Waals surface area contributed by atoms with Gasteiger partial charge in [-0.05, 0) is 36.7 Å². The van der Waals surface area contributed by atoms with E-state index in [0.717, 1.165) is 36.8 Å². The second kappa shape index (κ2) is 8.44. The van der Waals surface area contributed by atoms with Gasteiger partial charge in [0, 0.05) is 24.4 Å². The zero-order valence-electron chi connectivity index (χ0n) is 16.3. The zero-order chi connectivity index (χ0) is 19.3. The van der Waals surface area contributed by atoms with Crippen molar-refractivity contribution >= 4 is 0 Å². The maximum Gasteiger partial charge on any atom is 0.240 e. The molecule has 2 aromatic carbocycles. The lowest BCUT2D eigenvalue weighted by atomic mass is 9.97. The van der Waals surface area contributed by atoms with E-state index in [1.165, 1.54) is 11.1 Å². The Hall–Kier alpha value is -2.86. The van der Waals surface area contributed by atoms with Crippen LogP contribution in [0.2, 0.25) is 0 Å². The number of hydrogen-bond donors (Lipinski definition) is 0. The molecule has 1 aromatic heterocycles. The number of nitrogens with zero attached hydrogens (tertiary/aromatic N) is 3. The van der Waals surface area contributed by atoms with Crippen LogP contribution in [-0.2, 0) is 13.0 Å². The highest BCUT2D eigenvalue weighted by molar-refractivity contribution is 5.43. The highest BCUT2D eigenvalue weighted by Crippen LogP contribution is 2.36. The van der Waals surface area contributed by atoms with Crippen LogP contribution in [0.1, 0.15) is 35.2 Å². The normalized spacial score (nSPS) is 17.0. The summed E-state index contributed by atoms with van der Waals surface area (Å²) in [5.74, 6) is 3.57. The molecule has 4 rings (SSSR count). The van der Waals surface area contributed by atoms with Crippen LogP contribution in [0.5, 0.6) is 11.5 Å². The average Bonchev–Trinajstić information content (AvgIpc) is 3.38. The summed E-state index contributed by atoms with van der Waals surface area (Å²) in [5.41, 5.74) is 2.38. The minimum Gasteiger partial charge on any atom is -0.497 e. The predicted molar refractivity (Wildman–Crippen MR) is 106 cm³/mol. The molecule has 0 aliphatic carbocycles. The van der Waals surface area contributed by atoms with Gasteiger partial charge in [-0.1, -0.05) is 35.5 Å². The number of methoxy groups -OCH3 is 2. The Labute approximate surface area is 165 Å². The summed E-state index contributed by atoms with van der Waals surface area (Å²) >= 11 is 0. The molecule has 3 aromatic rings. The van der Waals surface area contributed by atoms with Crippen LogP contribution in [0.4, 0.5) is 0 Å². The first-order chi connectivity index (χ1) is 13.7. The van der Waals surface area contributed by atoms with Crippen molar-refractivity contribution in [3.8, 4) is 11.5 Å². The van der Waals surface area contributed by atoms with E-state index in [1.807, 2.05) is 30.3 Å². The SMILES string of the molecule is COc1ccc(OC)c([C@@H]2CCN(Cc3nc(Cc4ccccc4)no3)C2)c1. The molecule has 0 bridgehead atoms. The van der Waals surface area contributed by atoms with Crippen LogP contribution in [0.15, 0.2) is 53.1 Å². The van der Waals surface area contributed by atoms with Crippen molar-refractivity contribution < 1.29 is 14.0 Å². The third-order valence-corrected chi connectivity index (χ3v) is 5.22. The van der Waals surface area contributed by atoms with Crippen molar-refractivity contribution in [1.29, 1.82) is 0 Å². The van der Waals surface area contributed by atoms with E-state index in [4.69, 9.17) is 14.0 Å². The second-order valence-electron chi connectivity index (χ2n) is 7.10. The summed E-state index contributed by atoms with van der Waals surface area (Å²) in [6.45, 7) is 2.59. The summed E-state index contributed by atoms with van der Waals surface area (Å²) < 4.78 is 16.4. The van der Waals surface area contributed by atoms with Gasteiger partial charge in [-0.25, -0.2) is 0 Å². The lowest BCUT2D eigenvalue weighted by molar-refractivity contribution is 0.264. The largest absolute Gasteiger partial charge is 0.497 e. The molecule has 0 radical (unpaired) electrons. The molecule has 0 saturated carbocycles. The van der Waals surface area contributed by atoms with E-state index in [2.05, 4.69) is 33.2 Å². The molecular weight excluding hydrogens is 354 g/mol. The first-order valence-corrected chi connectivity index (χ1v) is 9.55. The highest BCUT2D eigenvalue weighted by atomic mass is 16.5. The number of hydrogen-bond acceptors (Lipinski definition) is 6. The van der Waals surface area contributed by atoms with Gasteiger partial charge in [0.25, 0.3) is 0 Å². The van der Waals surface area contributed by atoms with Gasteiger partial charge in [-0.3, -0.25) is 4.90 Å². The van der Waals surface area contributed by atoms with E-state index in [9.17, 15) is 0 Å². The van der Waals surface area contributed by atoms with E-state index in [1.54, 1.807) is 14.2 Å². The smallest absolute Gasteiger partial charge is 0.240 e. The standard InChI is InChI=1S/C22H25N3O3/c1-26-18-8-9-20(27-2)19(13-18)17-10-11-25(14-17)15-22-23-21(24-28-22)12-16-6-4-3-5-7-16/h3-9,13,17H,10-12,14-15H2,1-2H3/t17-/m1/s1. The fraction of sp³-hybridized carbons (Fsp3) is 0.364. The van der Waals surface area contributed by atoms with E-state index in [0.29, 0.717) is 24.8 Å². The number of ether oxygens (including phenoxy) is 2. The molecule has 6 nitrogen and oxygen atoms in total. The van der Waals surface area contributed by atoms with Gasteiger partial charge < -0.3 is 14.0 Å². The van der Waals surface area contributed by atoms with Gasteiger partial charge in [0.2, 0.25) is 5.89 Å². The van der Waals surface area contributed by atoms with Crippen molar-refractivity contribution in [3.63, 3.8) is 0 Å². The minimum absolute atomic E-state index is 0.400. The Kier molecular flexibility index (Phi) is 5.58. The Bertz CT molecular complexity index is 910. The Morgan fingerprint density at radius 1 is 1.11 bits per heavy atom. The van der Waals surface area contributed by atoms with Crippen LogP contribution in [0.3, 0.4) is 0 Å². The summed E-state index contributed by atoms with van der Waals surface area (Å²) in [7, 11) is 3.40. The van der Waals surface area contributed by atoms with Crippen molar-refractivity contribution in [1.82, 2.24) is 15.0 Å². The molecular formula is C22H25N3O3.